The van der Waals surface area contributed by atoms with E-state index >= 15 is 0 Å². The van der Waals surface area contributed by atoms with E-state index in [0.29, 0.717) is 12.8 Å². The molecular formula is C20H32O5. The molecular weight excluding hydrogens is 320 g/mol. The van der Waals surface area contributed by atoms with Crippen LogP contribution in [0.3, 0.4) is 0 Å². The molecule has 3 atom stereocenters. The van der Waals surface area contributed by atoms with Crippen molar-refractivity contribution in [3.05, 3.63) is 0 Å². The van der Waals surface area contributed by atoms with Crippen LogP contribution in [0.5, 0.6) is 0 Å². The Balaban J connectivity index is 3.22. The topological polar surface area (TPSA) is 88.5 Å². The Hall–Kier alpha value is -1.36. The van der Waals surface area contributed by atoms with Gasteiger partial charge in [0, 0.05) is 12.3 Å². The molecule has 1 N–H and O–H groups in total. The monoisotopic (exact) mass is 352 g/mol. The van der Waals surface area contributed by atoms with Gasteiger partial charge in [-0.3, -0.25) is 19.2 Å². The van der Waals surface area contributed by atoms with Crippen molar-refractivity contribution in [1.82, 2.24) is 0 Å². The van der Waals surface area contributed by atoms with Crippen LogP contribution < -0.4 is 0 Å². The summed E-state index contributed by atoms with van der Waals surface area (Å²) in [6.45, 7) is 11.1. The Labute approximate surface area is 150 Å². The summed E-state index contributed by atoms with van der Waals surface area (Å²) < 4.78 is 0. The van der Waals surface area contributed by atoms with Crippen LogP contribution in [-0.2, 0) is 19.2 Å². The molecule has 25 heavy (non-hydrogen) atoms. The summed E-state index contributed by atoms with van der Waals surface area (Å²) >= 11 is 0. The molecule has 1 aliphatic rings. The van der Waals surface area contributed by atoms with Crippen molar-refractivity contribution >= 4 is 23.1 Å². The summed E-state index contributed by atoms with van der Waals surface area (Å²) in [4.78, 5) is 50.6. The smallest absolute Gasteiger partial charge is 0.192 e. The van der Waals surface area contributed by atoms with Crippen LogP contribution in [0.25, 0.3) is 0 Å². The lowest BCUT2D eigenvalue weighted by atomic mass is 9.79. The number of carbonyl (C=O) groups excluding carboxylic acids is 4. The third-order valence-corrected chi connectivity index (χ3v) is 5.03. The van der Waals surface area contributed by atoms with Gasteiger partial charge in [0.15, 0.2) is 28.7 Å². The van der Waals surface area contributed by atoms with Gasteiger partial charge in [-0.2, -0.15) is 0 Å². The van der Waals surface area contributed by atoms with Crippen molar-refractivity contribution in [3.63, 3.8) is 0 Å². The molecule has 5 heteroatoms. The van der Waals surface area contributed by atoms with Crippen LogP contribution >= 0.6 is 0 Å². The van der Waals surface area contributed by atoms with E-state index in [1.165, 1.54) is 0 Å². The molecule has 0 saturated heterocycles. The number of rotatable bonds is 9. The number of Topliss-reactive ketones (excluding diaryl/α,β-unsaturated/α-hetero) is 4. The Morgan fingerprint density at radius 2 is 1.52 bits per heavy atom. The molecule has 1 fully saturated rings. The molecule has 0 aromatic carbocycles. The summed E-state index contributed by atoms with van der Waals surface area (Å²) in [6, 6.07) is 0. The zero-order chi connectivity index (χ0) is 19.5. The summed E-state index contributed by atoms with van der Waals surface area (Å²) in [7, 11) is 0. The van der Waals surface area contributed by atoms with E-state index in [4.69, 9.17) is 0 Å². The standard InChI is InChI=1S/C20H32O5/c1-11(2)7-9-14-18(23)16(17(22)13(5)6)19(24)20(14,25)15(21)10-8-12(3)4/h11-14,16,25H,7-10H2,1-6H3/t14?,16?,20-/m1/s1. The third-order valence-electron chi connectivity index (χ3n) is 5.03. The quantitative estimate of drug-likeness (QED) is 0.645. The van der Waals surface area contributed by atoms with Crippen LogP contribution in [0.4, 0.5) is 0 Å². The largest absolute Gasteiger partial charge is 0.374 e. The highest BCUT2D eigenvalue weighted by atomic mass is 16.3. The van der Waals surface area contributed by atoms with Crippen LogP contribution in [0, 0.1) is 29.6 Å². The minimum Gasteiger partial charge on any atom is -0.374 e. The molecule has 0 aliphatic heterocycles. The number of carbonyl (C=O) groups is 4. The molecule has 0 spiro atoms. The van der Waals surface area contributed by atoms with Crippen molar-refractivity contribution in [2.45, 2.75) is 72.8 Å². The number of ketones is 4. The molecule has 0 bridgehead atoms. The second-order valence-corrected chi connectivity index (χ2v) is 8.40. The predicted octanol–water partition coefficient (Wildman–Crippen LogP) is 2.77. The molecule has 5 nitrogen and oxygen atoms in total. The minimum absolute atomic E-state index is 0.0357. The SMILES string of the molecule is CC(C)CCC(=O)[C@@]1(O)C(=O)C(C(=O)C(C)C)C(=O)C1CCC(C)C. The Bertz CT molecular complexity index is 546. The first-order valence-corrected chi connectivity index (χ1v) is 9.31. The van der Waals surface area contributed by atoms with E-state index in [2.05, 4.69) is 0 Å². The molecule has 1 aliphatic carbocycles. The van der Waals surface area contributed by atoms with Crippen LogP contribution in [0.1, 0.15) is 67.2 Å². The average molecular weight is 352 g/mol. The number of aliphatic hydroxyl groups is 1. The van der Waals surface area contributed by atoms with Gasteiger partial charge in [0.2, 0.25) is 0 Å². The Morgan fingerprint density at radius 1 is 1.00 bits per heavy atom. The molecule has 0 aromatic rings. The van der Waals surface area contributed by atoms with Gasteiger partial charge in [0.05, 0.1) is 5.92 Å². The highest BCUT2D eigenvalue weighted by Crippen LogP contribution is 2.40. The normalized spacial score (nSPS) is 27.0. The maximum Gasteiger partial charge on any atom is 0.192 e. The molecule has 0 amide bonds. The first kappa shape index (κ1) is 21.7. The summed E-state index contributed by atoms with van der Waals surface area (Å²) in [6.07, 6.45) is 1.41. The van der Waals surface area contributed by atoms with Gasteiger partial charge >= 0.3 is 0 Å². The van der Waals surface area contributed by atoms with Crippen molar-refractivity contribution in [3.8, 4) is 0 Å². The molecule has 0 heterocycles. The molecule has 1 saturated carbocycles. The van der Waals surface area contributed by atoms with E-state index in [1.807, 2.05) is 27.7 Å². The highest BCUT2D eigenvalue weighted by molar-refractivity contribution is 6.33. The molecule has 142 valence electrons. The van der Waals surface area contributed by atoms with Gasteiger partial charge in [0.25, 0.3) is 0 Å². The number of hydrogen-bond acceptors (Lipinski definition) is 5. The van der Waals surface area contributed by atoms with Gasteiger partial charge in [0.1, 0.15) is 5.92 Å². The Kier molecular flexibility index (Phi) is 7.24. The summed E-state index contributed by atoms with van der Waals surface area (Å²) in [5.74, 6) is -5.20. The highest BCUT2D eigenvalue weighted by Gasteiger charge is 2.64. The van der Waals surface area contributed by atoms with E-state index in [9.17, 15) is 24.3 Å². The van der Waals surface area contributed by atoms with Crippen LogP contribution in [0.2, 0.25) is 0 Å². The fourth-order valence-electron chi connectivity index (χ4n) is 3.32. The fraction of sp³-hybridized carbons (Fsp3) is 0.800. The lowest BCUT2D eigenvalue weighted by Crippen LogP contribution is -2.50. The second kappa shape index (κ2) is 8.35. The van der Waals surface area contributed by atoms with Crippen LogP contribution in [-0.4, -0.2) is 33.8 Å². The van der Waals surface area contributed by atoms with Crippen molar-refractivity contribution < 1.29 is 24.3 Å². The van der Waals surface area contributed by atoms with Crippen molar-refractivity contribution in [2.24, 2.45) is 29.6 Å². The van der Waals surface area contributed by atoms with E-state index < -0.39 is 46.5 Å². The zero-order valence-electron chi connectivity index (χ0n) is 16.3. The van der Waals surface area contributed by atoms with Crippen molar-refractivity contribution in [2.75, 3.05) is 0 Å². The predicted molar refractivity (Wildman–Crippen MR) is 94.9 cm³/mol. The molecule has 0 aromatic heterocycles. The van der Waals surface area contributed by atoms with Crippen molar-refractivity contribution in [1.29, 1.82) is 0 Å². The first-order chi connectivity index (χ1) is 11.4. The number of hydrogen-bond donors (Lipinski definition) is 1. The zero-order valence-corrected chi connectivity index (χ0v) is 16.3. The van der Waals surface area contributed by atoms with E-state index in [-0.39, 0.29) is 24.7 Å². The molecule has 1 rings (SSSR count). The van der Waals surface area contributed by atoms with Crippen LogP contribution in [0.15, 0.2) is 0 Å². The Morgan fingerprint density at radius 3 is 1.96 bits per heavy atom. The van der Waals surface area contributed by atoms with E-state index in [0.717, 1.165) is 0 Å². The molecule has 0 radical (unpaired) electrons. The fourth-order valence-corrected chi connectivity index (χ4v) is 3.32. The van der Waals surface area contributed by atoms with Gasteiger partial charge in [-0.05, 0) is 24.7 Å². The van der Waals surface area contributed by atoms with E-state index in [1.54, 1.807) is 13.8 Å². The third kappa shape index (κ3) is 4.43. The minimum atomic E-state index is -2.34. The second-order valence-electron chi connectivity index (χ2n) is 8.40. The van der Waals surface area contributed by atoms with Gasteiger partial charge in [-0.25, -0.2) is 0 Å². The van der Waals surface area contributed by atoms with Gasteiger partial charge in [-0.15, -0.1) is 0 Å². The lowest BCUT2D eigenvalue weighted by Gasteiger charge is -2.26. The summed E-state index contributed by atoms with van der Waals surface area (Å²) in [5, 5.41) is 11.0. The van der Waals surface area contributed by atoms with Gasteiger partial charge in [-0.1, -0.05) is 48.0 Å². The summed E-state index contributed by atoms with van der Waals surface area (Å²) in [5.41, 5.74) is -2.34. The first-order valence-electron chi connectivity index (χ1n) is 9.31. The van der Waals surface area contributed by atoms with Gasteiger partial charge < -0.3 is 5.11 Å². The maximum atomic E-state index is 12.8. The molecule has 2 unspecified atom stereocenters. The maximum absolute atomic E-state index is 12.8. The average Bonchev–Trinajstić information content (AvgIpc) is 2.69. The lowest BCUT2D eigenvalue weighted by molar-refractivity contribution is -0.155.